The molecule has 0 amide bonds. The molecule has 2 aromatic rings. The van der Waals surface area contributed by atoms with Crippen molar-refractivity contribution < 1.29 is 18.3 Å². The summed E-state index contributed by atoms with van der Waals surface area (Å²) in [7, 11) is 0. The van der Waals surface area contributed by atoms with Crippen LogP contribution in [0.4, 0.5) is 8.78 Å². The maximum Gasteiger partial charge on any atom is 0.280 e. The monoisotopic (exact) mass is 318 g/mol. The Labute approximate surface area is 132 Å². The van der Waals surface area contributed by atoms with Crippen molar-refractivity contribution in [3.8, 4) is 16.9 Å². The first-order valence-corrected chi connectivity index (χ1v) is 7.52. The first-order valence-electron chi connectivity index (χ1n) is 7.52. The quantitative estimate of drug-likeness (QED) is 0.877. The number of fused-ring (bicyclic) bond motifs is 2. The highest BCUT2D eigenvalue weighted by Gasteiger charge is 2.38. The van der Waals surface area contributed by atoms with Gasteiger partial charge in [-0.2, -0.15) is 0 Å². The van der Waals surface area contributed by atoms with Gasteiger partial charge in [-0.15, -0.1) is 0 Å². The normalized spacial score (nSPS) is 22.0. The van der Waals surface area contributed by atoms with E-state index < -0.39 is 5.92 Å². The molecule has 1 aromatic heterocycles. The van der Waals surface area contributed by atoms with E-state index in [-0.39, 0.29) is 30.4 Å². The van der Waals surface area contributed by atoms with Crippen molar-refractivity contribution in [3.05, 3.63) is 47.3 Å². The maximum atomic E-state index is 14.2. The van der Waals surface area contributed by atoms with E-state index in [1.807, 2.05) is 0 Å². The zero-order valence-corrected chi connectivity index (χ0v) is 12.4. The smallest absolute Gasteiger partial charge is 0.280 e. The van der Waals surface area contributed by atoms with Crippen LogP contribution in [-0.4, -0.2) is 18.2 Å². The molecule has 1 aromatic carbocycles. The molecule has 0 saturated carbocycles. The lowest BCUT2D eigenvalue weighted by molar-refractivity contribution is -0.0404. The van der Waals surface area contributed by atoms with Gasteiger partial charge in [0.05, 0.1) is 37.8 Å². The van der Waals surface area contributed by atoms with E-state index in [1.54, 1.807) is 24.5 Å². The van der Waals surface area contributed by atoms with Crippen LogP contribution in [0.15, 0.2) is 30.6 Å². The van der Waals surface area contributed by atoms with Crippen molar-refractivity contribution in [1.29, 1.82) is 0 Å². The van der Waals surface area contributed by atoms with Crippen molar-refractivity contribution in [2.24, 2.45) is 5.73 Å². The van der Waals surface area contributed by atoms with E-state index in [1.165, 1.54) is 6.07 Å². The van der Waals surface area contributed by atoms with Crippen LogP contribution in [0.1, 0.15) is 29.2 Å². The topological polar surface area (TPSA) is 57.4 Å². The summed E-state index contributed by atoms with van der Waals surface area (Å²) in [6.07, 6.45) is 3.09. The number of hydrogen-bond donors (Lipinski definition) is 1. The number of ether oxygens (including phenoxy) is 2. The van der Waals surface area contributed by atoms with Crippen LogP contribution in [0.5, 0.6) is 5.75 Å². The van der Waals surface area contributed by atoms with Crippen molar-refractivity contribution in [2.75, 3.05) is 13.2 Å². The molecular formula is C17H16F2N2O2. The molecule has 0 spiro atoms. The average molecular weight is 318 g/mol. The lowest BCUT2D eigenvalue weighted by Gasteiger charge is -2.27. The summed E-state index contributed by atoms with van der Waals surface area (Å²) >= 11 is 0. The second-order valence-corrected chi connectivity index (χ2v) is 5.89. The number of alkyl halides is 2. The molecule has 0 aliphatic carbocycles. The number of benzene rings is 1. The molecule has 1 atom stereocenters. The zero-order chi connectivity index (χ0) is 16.0. The number of halogens is 2. The van der Waals surface area contributed by atoms with Gasteiger partial charge >= 0.3 is 0 Å². The molecule has 120 valence electrons. The fourth-order valence-corrected chi connectivity index (χ4v) is 3.14. The van der Waals surface area contributed by atoms with Gasteiger partial charge in [0.2, 0.25) is 0 Å². The Morgan fingerprint density at radius 1 is 1.26 bits per heavy atom. The number of nitrogens with two attached hydrogens (primary N) is 1. The largest absolute Gasteiger partial charge is 0.493 e. The lowest BCUT2D eigenvalue weighted by atomic mass is 9.91. The highest BCUT2D eigenvalue weighted by atomic mass is 19.3. The molecule has 0 bridgehead atoms. The van der Waals surface area contributed by atoms with Crippen LogP contribution in [0, 0.1) is 0 Å². The minimum atomic E-state index is -2.88. The molecule has 4 rings (SSSR count). The number of rotatable bonds is 1. The summed E-state index contributed by atoms with van der Waals surface area (Å²) in [5.74, 6) is -2.63. The Bertz CT molecular complexity index is 764. The lowest BCUT2D eigenvalue weighted by Crippen LogP contribution is -2.25. The van der Waals surface area contributed by atoms with E-state index >= 15 is 0 Å². The Morgan fingerprint density at radius 2 is 2.13 bits per heavy atom. The highest BCUT2D eigenvalue weighted by molar-refractivity contribution is 5.70. The van der Waals surface area contributed by atoms with Crippen molar-refractivity contribution in [2.45, 2.75) is 25.0 Å². The fraction of sp³-hybridized carbons (Fsp3) is 0.353. The Hall–Kier alpha value is -2.05. The summed E-state index contributed by atoms with van der Waals surface area (Å²) in [5, 5.41) is 0. The fourth-order valence-electron chi connectivity index (χ4n) is 3.14. The van der Waals surface area contributed by atoms with Gasteiger partial charge in [0.25, 0.3) is 5.92 Å². The van der Waals surface area contributed by atoms with Gasteiger partial charge in [-0.05, 0) is 28.8 Å². The molecule has 0 saturated heterocycles. The van der Waals surface area contributed by atoms with Gasteiger partial charge in [0.1, 0.15) is 5.75 Å². The van der Waals surface area contributed by atoms with E-state index in [2.05, 4.69) is 4.98 Å². The average Bonchev–Trinajstić information content (AvgIpc) is 2.54. The van der Waals surface area contributed by atoms with Gasteiger partial charge in [-0.1, -0.05) is 6.07 Å². The van der Waals surface area contributed by atoms with E-state index in [9.17, 15) is 8.78 Å². The second-order valence-electron chi connectivity index (χ2n) is 5.89. The molecule has 1 unspecified atom stereocenters. The zero-order valence-electron chi connectivity index (χ0n) is 12.4. The highest BCUT2D eigenvalue weighted by Crippen LogP contribution is 2.43. The predicted molar refractivity (Wildman–Crippen MR) is 80.3 cm³/mol. The first kappa shape index (κ1) is 14.5. The molecule has 2 N–H and O–H groups in total. The summed E-state index contributed by atoms with van der Waals surface area (Å²) in [5.41, 5.74) is 9.26. The Morgan fingerprint density at radius 3 is 3.00 bits per heavy atom. The first-order chi connectivity index (χ1) is 11.1. The number of aromatic nitrogens is 1. The summed E-state index contributed by atoms with van der Waals surface area (Å²) in [6.45, 7) is 0.878. The van der Waals surface area contributed by atoms with Crippen LogP contribution >= 0.6 is 0 Å². The maximum absolute atomic E-state index is 14.2. The third kappa shape index (κ3) is 2.38. The SMILES string of the molecule is NC1COCc2c(-c3ccc4c(c3)C(F)(F)CCO4)cncc21. The third-order valence-corrected chi connectivity index (χ3v) is 4.39. The second kappa shape index (κ2) is 5.25. The molecule has 6 heteroatoms. The Balaban J connectivity index is 1.85. The van der Waals surface area contributed by atoms with Gasteiger partial charge < -0.3 is 15.2 Å². The van der Waals surface area contributed by atoms with Gasteiger partial charge in [-0.25, -0.2) is 8.78 Å². The molecule has 4 nitrogen and oxygen atoms in total. The van der Waals surface area contributed by atoms with Crippen molar-refractivity contribution in [3.63, 3.8) is 0 Å². The van der Waals surface area contributed by atoms with Crippen LogP contribution in [0.3, 0.4) is 0 Å². The number of hydrogen-bond acceptors (Lipinski definition) is 4. The van der Waals surface area contributed by atoms with Crippen LogP contribution in [-0.2, 0) is 17.3 Å². The van der Waals surface area contributed by atoms with Crippen LogP contribution in [0.2, 0.25) is 0 Å². The Kier molecular flexibility index (Phi) is 3.32. The summed E-state index contributed by atoms with van der Waals surface area (Å²) in [4.78, 5) is 4.22. The number of pyridine rings is 1. The third-order valence-electron chi connectivity index (χ3n) is 4.39. The molecule has 2 aliphatic rings. The van der Waals surface area contributed by atoms with E-state index in [0.717, 1.165) is 16.7 Å². The van der Waals surface area contributed by atoms with Crippen LogP contribution in [0.25, 0.3) is 11.1 Å². The minimum absolute atomic E-state index is 0.0321. The molecule has 3 heterocycles. The van der Waals surface area contributed by atoms with Crippen molar-refractivity contribution in [1.82, 2.24) is 4.98 Å². The molecule has 0 fully saturated rings. The minimum Gasteiger partial charge on any atom is -0.493 e. The van der Waals surface area contributed by atoms with Crippen molar-refractivity contribution >= 4 is 0 Å². The predicted octanol–water partition coefficient (Wildman–Crippen LogP) is 3.15. The molecular weight excluding hydrogens is 302 g/mol. The van der Waals surface area contributed by atoms with Gasteiger partial charge in [0, 0.05) is 18.0 Å². The number of nitrogens with zero attached hydrogens (tertiary/aromatic N) is 1. The summed E-state index contributed by atoms with van der Waals surface area (Å²) in [6, 6.07) is 4.62. The molecule has 23 heavy (non-hydrogen) atoms. The standard InChI is InChI=1S/C17H16F2N2O2/c18-17(19)3-4-23-16-2-1-10(5-14(16)17)11-6-21-7-12-13(11)8-22-9-15(12)20/h1-2,5-7,15H,3-4,8-9,20H2. The molecule has 2 aliphatic heterocycles. The van der Waals surface area contributed by atoms with E-state index in [0.29, 0.717) is 18.8 Å². The van der Waals surface area contributed by atoms with Gasteiger partial charge in [-0.3, -0.25) is 4.98 Å². The van der Waals surface area contributed by atoms with Gasteiger partial charge in [0.15, 0.2) is 0 Å². The summed E-state index contributed by atoms with van der Waals surface area (Å²) < 4.78 is 39.1. The molecule has 0 radical (unpaired) electrons. The van der Waals surface area contributed by atoms with Crippen LogP contribution < -0.4 is 10.5 Å². The van der Waals surface area contributed by atoms with E-state index in [4.69, 9.17) is 15.2 Å².